The SMILES string of the molecule is CCOC(=O)c1sc(NC(=O)c2cc(C)nn2CC)nc1C. The van der Waals surface area contributed by atoms with Crippen LogP contribution in [0.25, 0.3) is 0 Å². The Morgan fingerprint density at radius 2 is 2.09 bits per heavy atom. The van der Waals surface area contributed by atoms with Crippen LogP contribution in [0.4, 0.5) is 5.13 Å². The van der Waals surface area contributed by atoms with E-state index in [9.17, 15) is 9.59 Å². The number of esters is 1. The predicted molar refractivity (Wildman–Crippen MR) is 83.4 cm³/mol. The molecule has 0 atom stereocenters. The summed E-state index contributed by atoms with van der Waals surface area (Å²) < 4.78 is 6.58. The summed E-state index contributed by atoms with van der Waals surface area (Å²) in [5, 5.41) is 7.30. The van der Waals surface area contributed by atoms with Crippen LogP contribution < -0.4 is 5.32 Å². The third-order valence-electron chi connectivity index (χ3n) is 2.91. The van der Waals surface area contributed by atoms with Crippen molar-refractivity contribution in [1.82, 2.24) is 14.8 Å². The van der Waals surface area contributed by atoms with Crippen molar-refractivity contribution in [1.29, 1.82) is 0 Å². The zero-order valence-corrected chi connectivity index (χ0v) is 13.8. The highest BCUT2D eigenvalue weighted by Crippen LogP contribution is 2.24. The standard InChI is InChI=1S/C14H18N4O3S/c1-5-18-10(7-8(3)17-18)12(19)16-14-15-9(4)11(22-14)13(20)21-6-2/h7H,5-6H2,1-4H3,(H,15,16,19). The van der Waals surface area contributed by atoms with E-state index in [0.717, 1.165) is 17.0 Å². The van der Waals surface area contributed by atoms with Crippen molar-refractivity contribution in [2.24, 2.45) is 0 Å². The molecule has 0 aliphatic heterocycles. The molecule has 0 unspecified atom stereocenters. The number of carbonyl (C=O) groups is 2. The second-order valence-electron chi connectivity index (χ2n) is 4.59. The molecule has 22 heavy (non-hydrogen) atoms. The molecule has 0 radical (unpaired) electrons. The lowest BCUT2D eigenvalue weighted by molar-refractivity contribution is 0.0531. The van der Waals surface area contributed by atoms with Crippen LogP contribution in [0.15, 0.2) is 6.07 Å². The summed E-state index contributed by atoms with van der Waals surface area (Å²) in [6.07, 6.45) is 0. The molecule has 2 aromatic rings. The van der Waals surface area contributed by atoms with Gasteiger partial charge >= 0.3 is 5.97 Å². The summed E-state index contributed by atoms with van der Waals surface area (Å²) in [6.45, 7) is 8.09. The molecule has 118 valence electrons. The van der Waals surface area contributed by atoms with Gasteiger partial charge in [0.25, 0.3) is 5.91 Å². The molecular weight excluding hydrogens is 304 g/mol. The topological polar surface area (TPSA) is 86.1 Å². The average Bonchev–Trinajstić information content (AvgIpc) is 3.02. The Hall–Kier alpha value is -2.22. The van der Waals surface area contributed by atoms with Crippen LogP contribution in [0.2, 0.25) is 0 Å². The highest BCUT2D eigenvalue weighted by molar-refractivity contribution is 7.17. The smallest absolute Gasteiger partial charge is 0.350 e. The lowest BCUT2D eigenvalue weighted by Gasteiger charge is -2.03. The number of ether oxygens (including phenoxy) is 1. The molecule has 0 aliphatic carbocycles. The Balaban J connectivity index is 2.18. The minimum absolute atomic E-state index is 0.298. The number of rotatable bonds is 5. The van der Waals surface area contributed by atoms with Crippen molar-refractivity contribution in [2.75, 3.05) is 11.9 Å². The van der Waals surface area contributed by atoms with Crippen molar-refractivity contribution in [3.05, 3.63) is 28.0 Å². The van der Waals surface area contributed by atoms with E-state index in [0.29, 0.717) is 34.5 Å². The lowest BCUT2D eigenvalue weighted by atomic mass is 10.3. The second kappa shape index (κ2) is 6.69. The van der Waals surface area contributed by atoms with Crippen molar-refractivity contribution in [2.45, 2.75) is 34.2 Å². The maximum absolute atomic E-state index is 12.3. The lowest BCUT2D eigenvalue weighted by Crippen LogP contribution is -2.17. The molecule has 1 N–H and O–H groups in total. The third-order valence-corrected chi connectivity index (χ3v) is 3.97. The molecule has 0 saturated carbocycles. The van der Waals surface area contributed by atoms with E-state index in [4.69, 9.17) is 4.74 Å². The van der Waals surface area contributed by atoms with Gasteiger partial charge in [0, 0.05) is 6.54 Å². The normalized spacial score (nSPS) is 10.5. The number of carbonyl (C=O) groups excluding carboxylic acids is 2. The van der Waals surface area contributed by atoms with Crippen LogP contribution in [-0.4, -0.2) is 33.2 Å². The largest absolute Gasteiger partial charge is 0.462 e. The number of hydrogen-bond acceptors (Lipinski definition) is 6. The molecule has 0 bridgehead atoms. The van der Waals surface area contributed by atoms with Gasteiger partial charge in [0.15, 0.2) is 5.13 Å². The Kier molecular flexibility index (Phi) is 4.92. The van der Waals surface area contributed by atoms with Crippen molar-refractivity contribution >= 4 is 28.3 Å². The summed E-state index contributed by atoms with van der Waals surface area (Å²) >= 11 is 1.10. The number of thiazole rings is 1. The fraction of sp³-hybridized carbons (Fsp3) is 0.429. The summed E-state index contributed by atoms with van der Waals surface area (Å²) in [5.74, 6) is -0.723. The van der Waals surface area contributed by atoms with E-state index >= 15 is 0 Å². The van der Waals surface area contributed by atoms with Crippen molar-refractivity contribution < 1.29 is 14.3 Å². The van der Waals surface area contributed by atoms with Gasteiger partial charge in [-0.1, -0.05) is 11.3 Å². The molecule has 7 nitrogen and oxygen atoms in total. The van der Waals surface area contributed by atoms with Crippen LogP contribution in [-0.2, 0) is 11.3 Å². The number of hydrogen-bond donors (Lipinski definition) is 1. The zero-order chi connectivity index (χ0) is 16.3. The zero-order valence-electron chi connectivity index (χ0n) is 13.0. The molecule has 1 amide bonds. The summed E-state index contributed by atoms with van der Waals surface area (Å²) in [7, 11) is 0. The highest BCUT2D eigenvalue weighted by atomic mass is 32.1. The molecular formula is C14H18N4O3S. The first kappa shape index (κ1) is 16.2. The second-order valence-corrected chi connectivity index (χ2v) is 5.59. The van der Waals surface area contributed by atoms with E-state index in [1.807, 2.05) is 13.8 Å². The number of aryl methyl sites for hydroxylation is 3. The van der Waals surface area contributed by atoms with Gasteiger partial charge in [-0.15, -0.1) is 0 Å². The Bertz CT molecular complexity index is 705. The predicted octanol–water partition coefficient (Wildman–Crippen LogP) is 2.41. The van der Waals surface area contributed by atoms with Crippen LogP contribution in [0.3, 0.4) is 0 Å². The Morgan fingerprint density at radius 1 is 1.36 bits per heavy atom. The molecule has 0 saturated heterocycles. The van der Waals surface area contributed by atoms with Gasteiger partial charge in [0.05, 0.1) is 18.0 Å². The van der Waals surface area contributed by atoms with Gasteiger partial charge in [-0.2, -0.15) is 5.10 Å². The monoisotopic (exact) mass is 322 g/mol. The maximum atomic E-state index is 12.3. The Labute approximate surface area is 132 Å². The van der Waals surface area contributed by atoms with E-state index in [-0.39, 0.29) is 5.91 Å². The number of nitrogens with one attached hydrogen (secondary N) is 1. The molecule has 0 fully saturated rings. The number of anilines is 1. The summed E-state index contributed by atoms with van der Waals surface area (Å²) in [6, 6.07) is 1.71. The molecule has 0 aromatic carbocycles. The van der Waals surface area contributed by atoms with Crippen LogP contribution in [0, 0.1) is 13.8 Å². The van der Waals surface area contributed by atoms with Crippen molar-refractivity contribution in [3.8, 4) is 0 Å². The molecule has 2 aromatic heterocycles. The van der Waals surface area contributed by atoms with E-state index in [2.05, 4.69) is 15.4 Å². The summed E-state index contributed by atoms with van der Waals surface area (Å²) in [5.41, 5.74) is 1.78. The minimum atomic E-state index is -0.424. The van der Waals surface area contributed by atoms with Crippen molar-refractivity contribution in [3.63, 3.8) is 0 Å². The maximum Gasteiger partial charge on any atom is 0.350 e. The average molecular weight is 322 g/mol. The third kappa shape index (κ3) is 3.33. The van der Waals surface area contributed by atoms with Crippen LogP contribution >= 0.6 is 11.3 Å². The first-order chi connectivity index (χ1) is 10.5. The van der Waals surface area contributed by atoms with Crippen LogP contribution in [0.1, 0.15) is 45.4 Å². The fourth-order valence-corrected chi connectivity index (χ4v) is 2.82. The quantitative estimate of drug-likeness (QED) is 0.854. The number of aromatic nitrogens is 3. The molecule has 2 rings (SSSR count). The van der Waals surface area contributed by atoms with Gasteiger partial charge in [-0.3, -0.25) is 14.8 Å². The molecule has 2 heterocycles. The molecule has 8 heteroatoms. The highest BCUT2D eigenvalue weighted by Gasteiger charge is 2.19. The summed E-state index contributed by atoms with van der Waals surface area (Å²) in [4.78, 5) is 28.7. The van der Waals surface area contributed by atoms with E-state index in [1.165, 1.54) is 0 Å². The minimum Gasteiger partial charge on any atom is -0.462 e. The van der Waals surface area contributed by atoms with Crippen LogP contribution in [0.5, 0.6) is 0 Å². The first-order valence-corrected chi connectivity index (χ1v) is 7.78. The van der Waals surface area contributed by atoms with Gasteiger partial charge in [-0.05, 0) is 33.8 Å². The molecule has 0 aliphatic rings. The van der Waals surface area contributed by atoms with Gasteiger partial charge < -0.3 is 4.74 Å². The Morgan fingerprint density at radius 3 is 2.73 bits per heavy atom. The first-order valence-electron chi connectivity index (χ1n) is 6.96. The molecule has 0 spiro atoms. The number of amides is 1. The van der Waals surface area contributed by atoms with Gasteiger partial charge in [-0.25, -0.2) is 9.78 Å². The van der Waals surface area contributed by atoms with E-state index < -0.39 is 5.97 Å². The fourth-order valence-electron chi connectivity index (χ4n) is 1.97. The van der Waals surface area contributed by atoms with Gasteiger partial charge in [0.2, 0.25) is 0 Å². The van der Waals surface area contributed by atoms with E-state index in [1.54, 1.807) is 24.6 Å². The number of nitrogens with zero attached hydrogens (tertiary/aromatic N) is 3. The van der Waals surface area contributed by atoms with Gasteiger partial charge in [0.1, 0.15) is 10.6 Å².